The van der Waals surface area contributed by atoms with Gasteiger partial charge in [0.05, 0.1) is 0 Å². The van der Waals surface area contributed by atoms with E-state index in [1.165, 1.54) is 30.4 Å². The van der Waals surface area contributed by atoms with Crippen molar-refractivity contribution in [2.75, 3.05) is 19.6 Å². The van der Waals surface area contributed by atoms with Gasteiger partial charge < -0.3 is 15.0 Å². The number of ketones is 1. The summed E-state index contributed by atoms with van der Waals surface area (Å²) in [7, 11) is 0. The minimum Gasteiger partial charge on any atom is -0.487 e. The summed E-state index contributed by atoms with van der Waals surface area (Å²) in [4.78, 5) is 27.6. The third-order valence-electron chi connectivity index (χ3n) is 6.59. The van der Waals surface area contributed by atoms with Crippen LogP contribution >= 0.6 is 12.4 Å². The smallest absolute Gasteiger partial charge is 0.221 e. The zero-order chi connectivity index (χ0) is 19.0. The number of benzene rings is 1. The molecular weight excluding hydrogens is 376 g/mol. The molecule has 1 aromatic rings. The van der Waals surface area contributed by atoms with Gasteiger partial charge in [0, 0.05) is 30.4 Å². The van der Waals surface area contributed by atoms with E-state index in [4.69, 9.17) is 4.74 Å². The fourth-order valence-electron chi connectivity index (χ4n) is 4.88. The molecule has 2 aliphatic heterocycles. The number of halogens is 1. The van der Waals surface area contributed by atoms with E-state index in [1.807, 2.05) is 12.1 Å². The maximum absolute atomic E-state index is 12.6. The van der Waals surface area contributed by atoms with E-state index >= 15 is 0 Å². The number of hydrogen-bond donors (Lipinski definition) is 1. The number of Topliss-reactive ketones (excluding diaryl/α,β-unsaturated/α-hetero) is 1. The lowest BCUT2D eigenvalue weighted by Crippen LogP contribution is -2.59. The number of amides is 1. The molecule has 28 heavy (non-hydrogen) atoms. The summed E-state index contributed by atoms with van der Waals surface area (Å²) in [5, 5.41) is 3.01. The zero-order valence-electron chi connectivity index (χ0n) is 16.8. The number of fused-ring (bicyclic) bond motifs is 3. The van der Waals surface area contributed by atoms with Crippen molar-refractivity contribution in [3.63, 3.8) is 0 Å². The number of carbonyl (C=O) groups is 2. The first-order valence-corrected chi connectivity index (χ1v) is 10.3. The third-order valence-corrected chi connectivity index (χ3v) is 6.59. The summed E-state index contributed by atoms with van der Waals surface area (Å²) >= 11 is 0. The lowest BCUT2D eigenvalue weighted by molar-refractivity contribution is -0.133. The molecule has 4 rings (SSSR count). The van der Waals surface area contributed by atoms with Crippen LogP contribution in [0.15, 0.2) is 18.2 Å². The van der Waals surface area contributed by atoms with Crippen molar-refractivity contribution in [3.8, 4) is 5.75 Å². The normalized spacial score (nSPS) is 29.3. The predicted octanol–water partition coefficient (Wildman–Crippen LogP) is 3.16. The Morgan fingerprint density at radius 3 is 2.79 bits per heavy atom. The van der Waals surface area contributed by atoms with Gasteiger partial charge in [-0.25, -0.2) is 0 Å². The Kier molecular flexibility index (Phi) is 6.35. The summed E-state index contributed by atoms with van der Waals surface area (Å²) in [5.74, 6) is 0.905. The van der Waals surface area contributed by atoms with Crippen molar-refractivity contribution in [2.24, 2.45) is 0 Å². The first-order chi connectivity index (χ1) is 13.0. The fourth-order valence-corrected chi connectivity index (χ4v) is 4.88. The first kappa shape index (κ1) is 21.1. The quantitative estimate of drug-likeness (QED) is 0.834. The van der Waals surface area contributed by atoms with Gasteiger partial charge in [-0.3, -0.25) is 9.59 Å². The van der Waals surface area contributed by atoms with Crippen molar-refractivity contribution in [3.05, 3.63) is 29.3 Å². The van der Waals surface area contributed by atoms with E-state index < -0.39 is 6.04 Å². The molecule has 2 heterocycles. The molecule has 0 aromatic heterocycles. The van der Waals surface area contributed by atoms with E-state index in [2.05, 4.69) is 30.1 Å². The number of rotatable bonds is 4. The van der Waals surface area contributed by atoms with Crippen molar-refractivity contribution < 1.29 is 14.3 Å². The molecule has 5 nitrogen and oxygen atoms in total. The average molecular weight is 407 g/mol. The van der Waals surface area contributed by atoms with E-state index in [0.29, 0.717) is 12.8 Å². The molecule has 1 aliphatic carbocycles. The molecule has 1 N–H and O–H groups in total. The fraction of sp³-hybridized carbons (Fsp3) is 0.636. The maximum atomic E-state index is 12.6. The zero-order valence-corrected chi connectivity index (χ0v) is 17.6. The Balaban J connectivity index is 0.00000225. The Morgan fingerprint density at radius 2 is 2.04 bits per heavy atom. The number of aryl methyl sites for hydroxylation is 1. The Labute approximate surface area is 173 Å². The number of likely N-dealkylation sites (tertiary alicyclic amines) is 1. The van der Waals surface area contributed by atoms with Crippen molar-refractivity contribution in [1.82, 2.24) is 10.2 Å². The van der Waals surface area contributed by atoms with Gasteiger partial charge in [0.15, 0.2) is 5.78 Å². The van der Waals surface area contributed by atoms with Crippen LogP contribution in [0, 0.1) is 6.92 Å². The standard InChI is InChI=1S/C22H30N2O3.ClH/c1-15-6-7-18-16(14-15)22(2)10-8-17(25)20(21(22)27-18)23-19(26)9-13-24-11-4-3-5-12-24;/h6-7,14,20-21H,3-5,8-13H2,1-2H3,(H,23,26);1H/t20-,21-,22-;/m0./s1. The number of hydrogen-bond acceptors (Lipinski definition) is 4. The van der Waals surface area contributed by atoms with Gasteiger partial charge in [-0.2, -0.15) is 0 Å². The Bertz CT molecular complexity index is 747. The first-order valence-electron chi connectivity index (χ1n) is 10.3. The highest BCUT2D eigenvalue weighted by molar-refractivity contribution is 5.91. The van der Waals surface area contributed by atoms with Gasteiger partial charge in [0.2, 0.25) is 5.91 Å². The van der Waals surface area contributed by atoms with Crippen LogP contribution in [0.1, 0.15) is 56.6 Å². The minimum atomic E-state index is -0.551. The minimum absolute atomic E-state index is 0. The van der Waals surface area contributed by atoms with Gasteiger partial charge in [0.25, 0.3) is 0 Å². The largest absolute Gasteiger partial charge is 0.487 e. The van der Waals surface area contributed by atoms with Crippen LogP contribution in [-0.4, -0.2) is 48.4 Å². The number of nitrogens with zero attached hydrogens (tertiary/aromatic N) is 1. The molecule has 0 radical (unpaired) electrons. The maximum Gasteiger partial charge on any atom is 0.221 e. The third kappa shape index (κ3) is 3.92. The van der Waals surface area contributed by atoms with Gasteiger partial charge in [0.1, 0.15) is 17.9 Å². The summed E-state index contributed by atoms with van der Waals surface area (Å²) in [6.07, 6.45) is 5.11. The average Bonchev–Trinajstić information content (AvgIpc) is 2.96. The molecule has 1 saturated heterocycles. The summed E-state index contributed by atoms with van der Waals surface area (Å²) in [6, 6.07) is 5.65. The molecule has 1 aromatic carbocycles. The van der Waals surface area contributed by atoms with Gasteiger partial charge in [-0.1, -0.05) is 31.0 Å². The van der Waals surface area contributed by atoms with Crippen molar-refractivity contribution in [2.45, 2.75) is 69.9 Å². The second kappa shape index (κ2) is 8.42. The SMILES string of the molecule is Cc1ccc2c(c1)[C@]1(C)CCC(=O)[C@H](NC(=O)CCN3CCCCC3)[C@@H]1O2.Cl. The van der Waals surface area contributed by atoms with Crippen LogP contribution in [0.25, 0.3) is 0 Å². The molecule has 154 valence electrons. The second-order valence-electron chi connectivity index (χ2n) is 8.62. The topological polar surface area (TPSA) is 58.6 Å². The molecule has 6 heteroatoms. The second-order valence-corrected chi connectivity index (χ2v) is 8.62. The molecule has 2 fully saturated rings. The molecule has 0 bridgehead atoms. The predicted molar refractivity (Wildman–Crippen MR) is 111 cm³/mol. The van der Waals surface area contributed by atoms with Gasteiger partial charge in [-0.05, 0) is 45.3 Å². The number of piperidine rings is 1. The van der Waals surface area contributed by atoms with Crippen LogP contribution in [-0.2, 0) is 15.0 Å². The highest BCUT2D eigenvalue weighted by Gasteiger charge is 2.54. The molecule has 3 aliphatic rings. The monoisotopic (exact) mass is 406 g/mol. The number of nitrogens with one attached hydrogen (secondary N) is 1. The van der Waals surface area contributed by atoms with E-state index in [0.717, 1.165) is 31.8 Å². The number of ether oxygens (including phenoxy) is 1. The van der Waals surface area contributed by atoms with Crippen molar-refractivity contribution >= 4 is 24.1 Å². The summed E-state index contributed by atoms with van der Waals surface area (Å²) in [5.41, 5.74) is 2.14. The lowest BCUT2D eigenvalue weighted by Gasteiger charge is -2.39. The lowest BCUT2D eigenvalue weighted by atomic mass is 9.67. The molecule has 3 atom stereocenters. The Morgan fingerprint density at radius 1 is 1.29 bits per heavy atom. The Hall–Kier alpha value is -1.59. The molecule has 1 amide bonds. The summed E-state index contributed by atoms with van der Waals surface area (Å²) < 4.78 is 6.20. The van der Waals surface area contributed by atoms with Crippen LogP contribution in [0.3, 0.4) is 0 Å². The molecule has 0 unspecified atom stereocenters. The van der Waals surface area contributed by atoms with Crippen molar-refractivity contribution in [1.29, 1.82) is 0 Å². The van der Waals surface area contributed by atoms with Gasteiger partial charge in [-0.15, -0.1) is 12.4 Å². The summed E-state index contributed by atoms with van der Waals surface area (Å²) in [6.45, 7) is 7.17. The van der Waals surface area contributed by atoms with E-state index in [9.17, 15) is 9.59 Å². The van der Waals surface area contributed by atoms with Crippen LogP contribution < -0.4 is 10.1 Å². The molecule has 1 saturated carbocycles. The van der Waals surface area contributed by atoms with E-state index in [1.54, 1.807) is 0 Å². The highest BCUT2D eigenvalue weighted by Crippen LogP contribution is 2.49. The van der Waals surface area contributed by atoms with Crippen LogP contribution in [0.4, 0.5) is 0 Å². The van der Waals surface area contributed by atoms with Crippen LogP contribution in [0.2, 0.25) is 0 Å². The van der Waals surface area contributed by atoms with Gasteiger partial charge >= 0.3 is 0 Å². The number of carbonyl (C=O) groups excluding carboxylic acids is 2. The van der Waals surface area contributed by atoms with Crippen LogP contribution in [0.5, 0.6) is 5.75 Å². The molecular formula is C22H31ClN2O3. The van der Waals surface area contributed by atoms with E-state index in [-0.39, 0.29) is 35.6 Å². The molecule has 0 spiro atoms. The highest BCUT2D eigenvalue weighted by atomic mass is 35.5.